The third kappa shape index (κ3) is 6.13. The van der Waals surface area contributed by atoms with Gasteiger partial charge in [-0.1, -0.05) is 12.8 Å². The van der Waals surface area contributed by atoms with E-state index in [0.717, 1.165) is 38.7 Å². The van der Waals surface area contributed by atoms with Gasteiger partial charge in [0.05, 0.1) is 0 Å². The van der Waals surface area contributed by atoms with Crippen LogP contribution in [-0.2, 0) is 4.74 Å². The highest BCUT2D eigenvalue weighted by Gasteiger charge is 2.13. The minimum absolute atomic E-state index is 0.803. The van der Waals surface area contributed by atoms with Crippen LogP contribution in [0.2, 0.25) is 0 Å². The lowest BCUT2D eigenvalue weighted by atomic mass is 10.2. The molecule has 1 aliphatic rings. The summed E-state index contributed by atoms with van der Waals surface area (Å²) in [6.07, 6.45) is 6.74. The summed E-state index contributed by atoms with van der Waals surface area (Å²) in [6, 6.07) is 0.803. The van der Waals surface area contributed by atoms with Crippen LogP contribution in [0.3, 0.4) is 0 Å². The molecule has 90 valence electrons. The number of rotatable bonds is 8. The highest BCUT2D eigenvalue weighted by Crippen LogP contribution is 2.17. The number of hydrogen-bond acceptors (Lipinski definition) is 3. The van der Waals surface area contributed by atoms with Crippen LogP contribution in [0, 0.1) is 0 Å². The first-order valence-corrected chi connectivity index (χ1v) is 6.24. The maximum atomic E-state index is 5.04. The lowest BCUT2D eigenvalue weighted by Crippen LogP contribution is -2.34. The van der Waals surface area contributed by atoms with Gasteiger partial charge >= 0.3 is 0 Å². The third-order valence-electron chi connectivity index (χ3n) is 3.17. The Labute approximate surface area is 94.2 Å². The number of ether oxygens (including phenoxy) is 1. The van der Waals surface area contributed by atoms with E-state index in [-0.39, 0.29) is 0 Å². The van der Waals surface area contributed by atoms with Gasteiger partial charge in [0, 0.05) is 39.4 Å². The Hall–Kier alpha value is -0.120. The number of likely N-dealkylation sites (N-methyl/N-ethyl adjacent to an activating group) is 1. The highest BCUT2D eigenvalue weighted by molar-refractivity contribution is 4.73. The monoisotopic (exact) mass is 214 g/mol. The van der Waals surface area contributed by atoms with Gasteiger partial charge in [-0.3, -0.25) is 0 Å². The molecule has 1 saturated carbocycles. The molecule has 0 aromatic rings. The topological polar surface area (TPSA) is 24.5 Å². The molecule has 0 heterocycles. The van der Waals surface area contributed by atoms with Gasteiger partial charge in [-0.05, 0) is 26.3 Å². The minimum Gasteiger partial charge on any atom is -0.385 e. The van der Waals surface area contributed by atoms with E-state index in [4.69, 9.17) is 4.74 Å². The van der Waals surface area contributed by atoms with Crippen molar-refractivity contribution in [2.45, 2.75) is 38.1 Å². The van der Waals surface area contributed by atoms with E-state index in [0.29, 0.717) is 0 Å². The van der Waals surface area contributed by atoms with Crippen LogP contribution >= 0.6 is 0 Å². The summed E-state index contributed by atoms with van der Waals surface area (Å²) in [5, 5.41) is 3.63. The fourth-order valence-electron chi connectivity index (χ4n) is 2.18. The Morgan fingerprint density at radius 1 is 1.27 bits per heavy atom. The van der Waals surface area contributed by atoms with Gasteiger partial charge in [0.15, 0.2) is 0 Å². The first-order chi connectivity index (χ1) is 7.33. The summed E-state index contributed by atoms with van der Waals surface area (Å²) in [5.41, 5.74) is 0. The van der Waals surface area contributed by atoms with Crippen LogP contribution in [0.1, 0.15) is 32.1 Å². The van der Waals surface area contributed by atoms with Crippen molar-refractivity contribution in [2.24, 2.45) is 0 Å². The maximum Gasteiger partial charge on any atom is 0.0474 e. The lowest BCUT2D eigenvalue weighted by Gasteiger charge is -2.18. The number of hydrogen-bond donors (Lipinski definition) is 1. The second kappa shape index (κ2) is 8.08. The molecule has 15 heavy (non-hydrogen) atoms. The summed E-state index contributed by atoms with van der Waals surface area (Å²) in [4.78, 5) is 2.38. The number of nitrogens with zero attached hydrogens (tertiary/aromatic N) is 1. The van der Waals surface area contributed by atoms with Crippen molar-refractivity contribution < 1.29 is 4.74 Å². The first-order valence-electron chi connectivity index (χ1n) is 6.24. The lowest BCUT2D eigenvalue weighted by molar-refractivity contribution is 0.179. The third-order valence-corrected chi connectivity index (χ3v) is 3.17. The second-order valence-electron chi connectivity index (χ2n) is 4.59. The molecule has 0 radical (unpaired) electrons. The summed E-state index contributed by atoms with van der Waals surface area (Å²) >= 11 is 0. The Morgan fingerprint density at radius 2 is 2.00 bits per heavy atom. The normalized spacial score (nSPS) is 17.8. The van der Waals surface area contributed by atoms with Gasteiger partial charge in [0.1, 0.15) is 0 Å². The van der Waals surface area contributed by atoms with Crippen molar-refractivity contribution in [2.75, 3.05) is 40.4 Å². The van der Waals surface area contributed by atoms with E-state index in [1.54, 1.807) is 7.11 Å². The van der Waals surface area contributed by atoms with E-state index >= 15 is 0 Å². The second-order valence-corrected chi connectivity index (χ2v) is 4.59. The summed E-state index contributed by atoms with van der Waals surface area (Å²) in [6.45, 7) is 4.30. The Bertz CT molecular complexity index is 147. The Kier molecular flexibility index (Phi) is 6.98. The van der Waals surface area contributed by atoms with Crippen molar-refractivity contribution in [3.05, 3.63) is 0 Å². The van der Waals surface area contributed by atoms with Gasteiger partial charge < -0.3 is 15.0 Å². The average molecular weight is 214 g/mol. The molecule has 0 aromatic carbocycles. The van der Waals surface area contributed by atoms with E-state index in [2.05, 4.69) is 17.3 Å². The molecule has 0 unspecified atom stereocenters. The quantitative estimate of drug-likeness (QED) is 0.620. The molecule has 0 aromatic heterocycles. The van der Waals surface area contributed by atoms with Crippen LogP contribution in [0.5, 0.6) is 0 Å². The van der Waals surface area contributed by atoms with Crippen LogP contribution in [0.25, 0.3) is 0 Å². The van der Waals surface area contributed by atoms with Crippen LogP contribution in [0.15, 0.2) is 0 Å². The van der Waals surface area contributed by atoms with Crippen molar-refractivity contribution in [1.82, 2.24) is 10.2 Å². The molecule has 0 saturated heterocycles. The van der Waals surface area contributed by atoms with Gasteiger partial charge in [-0.15, -0.1) is 0 Å². The molecule has 3 heteroatoms. The SMILES string of the molecule is COCCCN(C)CCNC1CCCC1. The zero-order valence-electron chi connectivity index (χ0n) is 10.3. The zero-order valence-corrected chi connectivity index (χ0v) is 10.3. The van der Waals surface area contributed by atoms with Gasteiger partial charge in [0.2, 0.25) is 0 Å². The average Bonchev–Trinajstić information content (AvgIpc) is 2.71. The molecule has 0 spiro atoms. The summed E-state index contributed by atoms with van der Waals surface area (Å²) < 4.78 is 5.04. The zero-order chi connectivity index (χ0) is 10.9. The van der Waals surface area contributed by atoms with Gasteiger partial charge in [-0.25, -0.2) is 0 Å². The molecular formula is C12H26N2O. The highest BCUT2D eigenvalue weighted by atomic mass is 16.5. The van der Waals surface area contributed by atoms with Crippen LogP contribution in [0.4, 0.5) is 0 Å². The largest absolute Gasteiger partial charge is 0.385 e. The molecule has 0 amide bonds. The molecule has 0 aliphatic heterocycles. The van der Waals surface area contributed by atoms with Gasteiger partial charge in [-0.2, -0.15) is 0 Å². The fraction of sp³-hybridized carbons (Fsp3) is 1.00. The summed E-state index contributed by atoms with van der Waals surface area (Å²) in [7, 11) is 3.95. The van der Waals surface area contributed by atoms with Crippen molar-refractivity contribution in [1.29, 1.82) is 0 Å². The predicted octanol–water partition coefficient (Wildman–Crippen LogP) is 1.49. The van der Waals surface area contributed by atoms with E-state index in [1.807, 2.05) is 0 Å². The first kappa shape index (κ1) is 12.9. The Balaban J connectivity index is 1.89. The van der Waals surface area contributed by atoms with E-state index < -0.39 is 0 Å². The summed E-state index contributed by atoms with van der Waals surface area (Å²) in [5.74, 6) is 0. The smallest absolute Gasteiger partial charge is 0.0474 e. The van der Waals surface area contributed by atoms with E-state index in [9.17, 15) is 0 Å². The molecule has 1 rings (SSSR count). The standard InChI is InChI=1S/C12H26N2O/c1-14(9-5-11-15-2)10-8-13-12-6-3-4-7-12/h12-13H,3-11H2,1-2H3. The maximum absolute atomic E-state index is 5.04. The molecule has 1 N–H and O–H groups in total. The van der Waals surface area contributed by atoms with Crippen molar-refractivity contribution in [3.63, 3.8) is 0 Å². The minimum atomic E-state index is 0.803. The number of nitrogens with one attached hydrogen (secondary N) is 1. The molecule has 0 bridgehead atoms. The van der Waals surface area contributed by atoms with Gasteiger partial charge in [0.25, 0.3) is 0 Å². The molecule has 1 fully saturated rings. The van der Waals surface area contributed by atoms with Crippen LogP contribution in [-0.4, -0.2) is 51.3 Å². The Morgan fingerprint density at radius 3 is 2.67 bits per heavy atom. The molecule has 0 atom stereocenters. The molecular weight excluding hydrogens is 188 g/mol. The molecule has 1 aliphatic carbocycles. The van der Waals surface area contributed by atoms with Crippen LogP contribution < -0.4 is 5.32 Å². The van der Waals surface area contributed by atoms with Crippen molar-refractivity contribution in [3.8, 4) is 0 Å². The molecule has 3 nitrogen and oxygen atoms in total. The van der Waals surface area contributed by atoms with E-state index in [1.165, 1.54) is 25.7 Å². The predicted molar refractivity (Wildman–Crippen MR) is 64.2 cm³/mol. The fourth-order valence-corrected chi connectivity index (χ4v) is 2.18. The van der Waals surface area contributed by atoms with Crippen molar-refractivity contribution >= 4 is 0 Å². The number of methoxy groups -OCH3 is 1.